The first-order valence-electron chi connectivity index (χ1n) is 8.72. The summed E-state index contributed by atoms with van der Waals surface area (Å²) in [5, 5.41) is 5.43. The minimum atomic E-state index is 0.0577. The van der Waals surface area contributed by atoms with Crippen molar-refractivity contribution in [1.82, 2.24) is 19.7 Å². The number of thioether (sulfide) groups is 1. The van der Waals surface area contributed by atoms with Crippen molar-refractivity contribution in [2.75, 3.05) is 0 Å². The molecule has 0 amide bonds. The number of aryl methyl sites for hydroxylation is 1. The highest BCUT2D eigenvalue weighted by Crippen LogP contribution is 2.32. The number of rotatable bonds is 5. The monoisotopic (exact) mass is 356 g/mol. The van der Waals surface area contributed by atoms with Gasteiger partial charge in [0.05, 0.1) is 16.7 Å². The zero-order chi connectivity index (χ0) is 17.2. The molecule has 1 fully saturated rings. The van der Waals surface area contributed by atoms with Gasteiger partial charge in [0.1, 0.15) is 0 Å². The van der Waals surface area contributed by atoms with Gasteiger partial charge in [0, 0.05) is 12.5 Å². The highest BCUT2D eigenvalue weighted by molar-refractivity contribution is 7.98. The lowest BCUT2D eigenvalue weighted by atomic mass is 10.2. The minimum absolute atomic E-state index is 0.0577. The van der Waals surface area contributed by atoms with Crippen molar-refractivity contribution in [3.8, 4) is 0 Å². The molecule has 0 unspecified atom stereocenters. The summed E-state index contributed by atoms with van der Waals surface area (Å²) in [6.07, 6.45) is 5.13. The average molecular weight is 356 g/mol. The molecule has 130 valence electrons. The number of hydrogen-bond acceptors (Lipinski definition) is 6. The molecule has 4 rings (SSSR count). The number of aromatic nitrogens is 4. The van der Waals surface area contributed by atoms with E-state index in [0.717, 1.165) is 29.9 Å². The number of hydrogen-bond donors (Lipinski definition) is 0. The van der Waals surface area contributed by atoms with Crippen LogP contribution in [0.25, 0.3) is 10.9 Å². The van der Waals surface area contributed by atoms with E-state index in [4.69, 9.17) is 9.51 Å². The summed E-state index contributed by atoms with van der Waals surface area (Å²) in [5.41, 5.74) is 0.800. The van der Waals surface area contributed by atoms with Crippen LogP contribution < -0.4 is 5.56 Å². The largest absolute Gasteiger partial charge is 0.339 e. The molecule has 2 aromatic heterocycles. The summed E-state index contributed by atoms with van der Waals surface area (Å²) in [7, 11) is 0. The van der Waals surface area contributed by atoms with E-state index in [9.17, 15) is 4.79 Å². The first-order valence-corrected chi connectivity index (χ1v) is 9.70. The van der Waals surface area contributed by atoms with Gasteiger partial charge in [0.2, 0.25) is 5.89 Å². The molecular weight excluding hydrogens is 336 g/mol. The van der Waals surface area contributed by atoms with Gasteiger partial charge in [-0.3, -0.25) is 9.36 Å². The van der Waals surface area contributed by atoms with Gasteiger partial charge in [0.25, 0.3) is 5.56 Å². The highest BCUT2D eigenvalue weighted by Gasteiger charge is 2.23. The molecule has 1 saturated carbocycles. The van der Waals surface area contributed by atoms with Crippen LogP contribution in [0.5, 0.6) is 0 Å². The Morgan fingerprint density at radius 3 is 2.80 bits per heavy atom. The van der Waals surface area contributed by atoms with E-state index >= 15 is 0 Å². The van der Waals surface area contributed by atoms with Gasteiger partial charge in [0.15, 0.2) is 11.0 Å². The summed E-state index contributed by atoms with van der Waals surface area (Å²) < 4.78 is 7.05. The molecule has 0 radical (unpaired) electrons. The van der Waals surface area contributed by atoms with Crippen molar-refractivity contribution in [3.05, 3.63) is 46.3 Å². The molecule has 1 aliphatic rings. The van der Waals surface area contributed by atoms with E-state index in [1.807, 2.05) is 35.8 Å². The molecular formula is C18H20N4O2S. The molecule has 3 aromatic rings. The fourth-order valence-corrected chi connectivity index (χ4v) is 4.24. The summed E-state index contributed by atoms with van der Waals surface area (Å²) >= 11 is 1.51. The smallest absolute Gasteiger partial charge is 0.262 e. The van der Waals surface area contributed by atoms with E-state index in [-0.39, 0.29) is 11.6 Å². The summed E-state index contributed by atoms with van der Waals surface area (Å²) in [5.74, 6) is 1.82. The second-order valence-corrected chi connectivity index (χ2v) is 7.21. The van der Waals surface area contributed by atoms with Crippen LogP contribution in [0.2, 0.25) is 0 Å². The van der Waals surface area contributed by atoms with Gasteiger partial charge < -0.3 is 4.52 Å². The maximum atomic E-state index is 13.1. The van der Waals surface area contributed by atoms with E-state index in [0.29, 0.717) is 22.9 Å². The summed E-state index contributed by atoms with van der Waals surface area (Å²) in [6.45, 7) is 1.98. The van der Waals surface area contributed by atoms with Crippen molar-refractivity contribution in [2.45, 2.75) is 56.0 Å². The minimum Gasteiger partial charge on any atom is -0.339 e. The summed E-state index contributed by atoms with van der Waals surface area (Å²) in [6, 6.07) is 7.79. The predicted octanol–water partition coefficient (Wildman–Crippen LogP) is 3.75. The van der Waals surface area contributed by atoms with Gasteiger partial charge in [-0.1, -0.05) is 48.8 Å². The van der Waals surface area contributed by atoms with Gasteiger partial charge in [-0.2, -0.15) is 4.98 Å². The molecule has 0 aliphatic heterocycles. The molecule has 2 heterocycles. The van der Waals surface area contributed by atoms with E-state index < -0.39 is 0 Å². The van der Waals surface area contributed by atoms with Crippen molar-refractivity contribution in [3.63, 3.8) is 0 Å². The third kappa shape index (κ3) is 3.20. The van der Waals surface area contributed by atoms with Crippen LogP contribution in [0, 0.1) is 0 Å². The van der Waals surface area contributed by atoms with Gasteiger partial charge in [-0.05, 0) is 25.0 Å². The molecule has 0 atom stereocenters. The zero-order valence-corrected chi connectivity index (χ0v) is 15.0. The molecule has 1 aromatic carbocycles. The molecule has 7 heteroatoms. The van der Waals surface area contributed by atoms with Crippen molar-refractivity contribution in [2.24, 2.45) is 0 Å². The molecule has 0 saturated heterocycles. The zero-order valence-electron chi connectivity index (χ0n) is 14.1. The Morgan fingerprint density at radius 2 is 2.04 bits per heavy atom. The molecule has 1 aliphatic carbocycles. The Morgan fingerprint density at radius 1 is 1.24 bits per heavy atom. The quantitative estimate of drug-likeness (QED) is 0.512. The Labute approximate surface area is 149 Å². The van der Waals surface area contributed by atoms with Crippen LogP contribution in [0.4, 0.5) is 0 Å². The Bertz CT molecular complexity index is 944. The third-order valence-corrected chi connectivity index (χ3v) is 5.56. The number of para-hydroxylation sites is 1. The standard InChI is InChI=1S/C18H20N4O2S/c1-2-16-20-15(21-24-16)11-25-18-19-14-10-6-5-9-13(14)17(23)22(18)12-7-3-4-8-12/h5-6,9-10,12H,2-4,7-8,11H2,1H3. The second-order valence-electron chi connectivity index (χ2n) is 6.27. The predicted molar refractivity (Wildman–Crippen MR) is 96.7 cm³/mol. The van der Waals surface area contributed by atoms with Crippen LogP contribution in [-0.4, -0.2) is 19.7 Å². The fourth-order valence-electron chi connectivity index (χ4n) is 3.33. The van der Waals surface area contributed by atoms with Gasteiger partial charge in [-0.25, -0.2) is 4.98 Å². The SMILES string of the molecule is CCc1nc(CSc2nc3ccccc3c(=O)n2C2CCCC2)no1. The van der Waals surface area contributed by atoms with Crippen LogP contribution in [0.3, 0.4) is 0 Å². The van der Waals surface area contributed by atoms with E-state index in [1.54, 1.807) is 0 Å². The molecule has 6 nitrogen and oxygen atoms in total. The van der Waals surface area contributed by atoms with E-state index in [1.165, 1.54) is 24.6 Å². The maximum Gasteiger partial charge on any atom is 0.262 e. The molecule has 0 spiro atoms. The third-order valence-electron chi connectivity index (χ3n) is 4.61. The molecule has 0 N–H and O–H groups in total. The average Bonchev–Trinajstić information content (AvgIpc) is 3.32. The van der Waals surface area contributed by atoms with Crippen LogP contribution in [0.15, 0.2) is 38.7 Å². The lowest BCUT2D eigenvalue weighted by molar-refractivity contribution is 0.378. The summed E-state index contributed by atoms with van der Waals surface area (Å²) in [4.78, 5) is 22.2. The van der Waals surface area contributed by atoms with Crippen molar-refractivity contribution in [1.29, 1.82) is 0 Å². The van der Waals surface area contributed by atoms with Crippen molar-refractivity contribution < 1.29 is 4.52 Å². The van der Waals surface area contributed by atoms with Gasteiger partial charge in [-0.15, -0.1) is 0 Å². The number of nitrogens with zero attached hydrogens (tertiary/aromatic N) is 4. The van der Waals surface area contributed by atoms with Crippen LogP contribution in [0.1, 0.15) is 50.4 Å². The Balaban J connectivity index is 1.72. The number of fused-ring (bicyclic) bond motifs is 1. The molecule has 25 heavy (non-hydrogen) atoms. The lowest BCUT2D eigenvalue weighted by Crippen LogP contribution is -2.26. The highest BCUT2D eigenvalue weighted by atomic mass is 32.2. The normalized spacial score (nSPS) is 15.2. The topological polar surface area (TPSA) is 73.8 Å². The Kier molecular flexibility index (Phi) is 4.57. The van der Waals surface area contributed by atoms with Crippen LogP contribution in [-0.2, 0) is 12.2 Å². The second kappa shape index (κ2) is 7.00. The Hall–Kier alpha value is -2.15. The van der Waals surface area contributed by atoms with Crippen molar-refractivity contribution >= 4 is 22.7 Å². The molecule has 0 bridgehead atoms. The fraction of sp³-hybridized carbons (Fsp3) is 0.444. The lowest BCUT2D eigenvalue weighted by Gasteiger charge is -2.18. The maximum absolute atomic E-state index is 13.1. The van der Waals surface area contributed by atoms with E-state index in [2.05, 4.69) is 10.1 Å². The van der Waals surface area contributed by atoms with Crippen LogP contribution >= 0.6 is 11.8 Å². The first kappa shape index (κ1) is 16.3. The van der Waals surface area contributed by atoms with Gasteiger partial charge >= 0.3 is 0 Å². The first-order chi connectivity index (χ1) is 12.3. The number of benzene rings is 1.